The first-order valence-electron chi connectivity index (χ1n) is 8.01. The molecule has 1 aromatic carbocycles. The smallest absolute Gasteiger partial charge is 0.303 e. The zero-order valence-corrected chi connectivity index (χ0v) is 14.4. The van der Waals surface area contributed by atoms with E-state index in [4.69, 9.17) is 9.84 Å². The van der Waals surface area contributed by atoms with Crippen molar-refractivity contribution < 1.29 is 19.4 Å². The quantitative estimate of drug-likeness (QED) is 0.869. The van der Waals surface area contributed by atoms with E-state index >= 15 is 0 Å². The maximum atomic E-state index is 13.0. The van der Waals surface area contributed by atoms with Crippen molar-refractivity contribution in [3.05, 3.63) is 28.2 Å². The molecular weight excluding hydrogens is 362 g/mol. The highest BCUT2D eigenvalue weighted by atomic mass is 79.9. The minimum Gasteiger partial charge on any atom is -0.492 e. The van der Waals surface area contributed by atoms with Gasteiger partial charge in [-0.3, -0.25) is 9.59 Å². The first-order chi connectivity index (χ1) is 11.1. The van der Waals surface area contributed by atoms with Crippen molar-refractivity contribution in [2.45, 2.75) is 44.1 Å². The molecule has 0 radical (unpaired) electrons. The van der Waals surface area contributed by atoms with Gasteiger partial charge in [0.2, 0.25) is 5.91 Å². The van der Waals surface area contributed by atoms with Crippen molar-refractivity contribution >= 4 is 27.8 Å². The van der Waals surface area contributed by atoms with Gasteiger partial charge in [-0.2, -0.15) is 0 Å². The van der Waals surface area contributed by atoms with Gasteiger partial charge >= 0.3 is 5.97 Å². The monoisotopic (exact) mass is 381 g/mol. The van der Waals surface area contributed by atoms with Crippen LogP contribution in [-0.2, 0) is 9.59 Å². The van der Waals surface area contributed by atoms with Crippen molar-refractivity contribution in [2.24, 2.45) is 0 Å². The first kappa shape index (κ1) is 16.3. The van der Waals surface area contributed by atoms with Gasteiger partial charge in [-0.05, 0) is 43.9 Å². The molecule has 0 aromatic heterocycles. The minimum atomic E-state index is -0.804. The molecule has 2 atom stereocenters. The average molecular weight is 382 g/mol. The summed E-state index contributed by atoms with van der Waals surface area (Å²) in [5.74, 6) is -0.253. The number of rotatable bonds is 4. The summed E-state index contributed by atoms with van der Waals surface area (Å²) in [6, 6.07) is 5.76. The van der Waals surface area contributed by atoms with Crippen LogP contribution in [0.4, 0.5) is 0 Å². The summed E-state index contributed by atoms with van der Waals surface area (Å²) in [5, 5.41) is 8.91. The number of nitrogens with zero attached hydrogens (tertiary/aromatic N) is 1. The number of carbonyl (C=O) groups is 2. The minimum absolute atomic E-state index is 0.0311. The molecule has 0 spiro atoms. The van der Waals surface area contributed by atoms with Crippen LogP contribution in [0, 0.1) is 0 Å². The number of carboxylic acids is 1. The molecule has 1 N–H and O–H groups in total. The van der Waals surface area contributed by atoms with Crippen molar-refractivity contribution in [2.75, 3.05) is 13.2 Å². The van der Waals surface area contributed by atoms with E-state index in [1.807, 2.05) is 23.1 Å². The number of fused-ring (bicyclic) bond motifs is 1. The van der Waals surface area contributed by atoms with Crippen molar-refractivity contribution in [1.29, 1.82) is 0 Å². The van der Waals surface area contributed by atoms with Crippen LogP contribution in [0.5, 0.6) is 5.75 Å². The lowest BCUT2D eigenvalue weighted by molar-refractivity contribution is -0.140. The van der Waals surface area contributed by atoms with Crippen molar-refractivity contribution in [3.8, 4) is 5.75 Å². The van der Waals surface area contributed by atoms with Gasteiger partial charge in [0.05, 0.1) is 0 Å². The van der Waals surface area contributed by atoms with E-state index < -0.39 is 5.97 Å². The number of ether oxygens (including phenoxy) is 1. The van der Waals surface area contributed by atoms with E-state index in [-0.39, 0.29) is 24.3 Å². The predicted molar refractivity (Wildman–Crippen MR) is 88.6 cm³/mol. The summed E-state index contributed by atoms with van der Waals surface area (Å²) >= 11 is 3.44. The van der Waals surface area contributed by atoms with E-state index in [0.717, 1.165) is 35.0 Å². The number of likely N-dealkylation sites (tertiary alicyclic amines) is 1. The molecule has 1 saturated heterocycles. The van der Waals surface area contributed by atoms with Crippen LogP contribution in [0.1, 0.15) is 43.6 Å². The Bertz CT molecular complexity index is 619. The molecule has 0 bridgehead atoms. The zero-order chi connectivity index (χ0) is 16.4. The Morgan fingerprint density at radius 2 is 2.17 bits per heavy atom. The number of carboxylic acid groups (broad SMARTS) is 1. The predicted octanol–water partition coefficient (Wildman–Crippen LogP) is 3.17. The standard InChI is InChI=1S/C17H20BrNO4/c18-11-4-6-15-13(9-11)14(10-23-15)17(22)19-8-2-1-3-12(19)5-7-16(20)21/h4,6,9,12,14H,1-3,5,7-8,10H2,(H,20,21). The van der Waals surface area contributed by atoms with Gasteiger partial charge in [0.15, 0.2) is 0 Å². The number of hydrogen-bond acceptors (Lipinski definition) is 3. The molecule has 23 heavy (non-hydrogen) atoms. The number of amides is 1. The molecule has 124 valence electrons. The highest BCUT2D eigenvalue weighted by Crippen LogP contribution is 2.38. The highest BCUT2D eigenvalue weighted by molar-refractivity contribution is 9.10. The molecule has 6 heteroatoms. The number of hydrogen-bond donors (Lipinski definition) is 1. The summed E-state index contributed by atoms with van der Waals surface area (Å²) in [6.45, 7) is 1.08. The largest absolute Gasteiger partial charge is 0.492 e. The highest BCUT2D eigenvalue weighted by Gasteiger charge is 2.37. The number of piperidine rings is 1. The number of benzene rings is 1. The zero-order valence-electron chi connectivity index (χ0n) is 12.8. The normalized spacial score (nSPS) is 23.3. The first-order valence-corrected chi connectivity index (χ1v) is 8.80. The van der Waals surface area contributed by atoms with Gasteiger partial charge in [0.1, 0.15) is 18.3 Å². The Morgan fingerprint density at radius 1 is 1.35 bits per heavy atom. The second-order valence-corrected chi connectivity index (χ2v) is 7.08. The SMILES string of the molecule is O=C(O)CCC1CCCCN1C(=O)C1COc2ccc(Br)cc21. The number of aliphatic carboxylic acids is 1. The molecule has 1 fully saturated rings. The van der Waals surface area contributed by atoms with Crippen LogP contribution in [0.3, 0.4) is 0 Å². The van der Waals surface area contributed by atoms with Crippen molar-refractivity contribution in [3.63, 3.8) is 0 Å². The topological polar surface area (TPSA) is 66.8 Å². The van der Waals surface area contributed by atoms with Crippen LogP contribution in [0.15, 0.2) is 22.7 Å². The molecule has 1 amide bonds. The van der Waals surface area contributed by atoms with Crippen LogP contribution < -0.4 is 4.74 Å². The lowest BCUT2D eigenvalue weighted by Crippen LogP contribution is -2.46. The van der Waals surface area contributed by atoms with Gasteiger partial charge in [-0.1, -0.05) is 15.9 Å². The van der Waals surface area contributed by atoms with E-state index in [9.17, 15) is 9.59 Å². The van der Waals surface area contributed by atoms with Crippen molar-refractivity contribution in [1.82, 2.24) is 4.90 Å². The van der Waals surface area contributed by atoms with E-state index in [1.54, 1.807) is 0 Å². The Kier molecular flexibility index (Phi) is 4.90. The van der Waals surface area contributed by atoms with E-state index in [1.165, 1.54) is 0 Å². The molecule has 0 saturated carbocycles. The molecule has 2 aliphatic heterocycles. The Labute approximate surface area is 143 Å². The fourth-order valence-corrected chi connectivity index (χ4v) is 3.85. The van der Waals surface area contributed by atoms with Crippen LogP contribution in [-0.4, -0.2) is 41.1 Å². The summed E-state index contributed by atoms with van der Waals surface area (Å²) < 4.78 is 6.58. The molecule has 3 rings (SSSR count). The van der Waals surface area contributed by atoms with Gasteiger partial charge in [-0.15, -0.1) is 0 Å². The van der Waals surface area contributed by atoms with Crippen LogP contribution >= 0.6 is 15.9 Å². The summed E-state index contributed by atoms with van der Waals surface area (Å²) in [6.07, 6.45) is 3.56. The summed E-state index contributed by atoms with van der Waals surface area (Å²) in [4.78, 5) is 25.7. The fourth-order valence-electron chi connectivity index (χ4n) is 3.47. The molecule has 2 unspecified atom stereocenters. The molecule has 2 heterocycles. The number of carbonyl (C=O) groups excluding carboxylic acids is 1. The fraction of sp³-hybridized carbons (Fsp3) is 0.529. The van der Waals surface area contributed by atoms with E-state index in [2.05, 4.69) is 15.9 Å². The molecule has 5 nitrogen and oxygen atoms in total. The maximum Gasteiger partial charge on any atom is 0.303 e. The van der Waals surface area contributed by atoms with Crippen LogP contribution in [0.2, 0.25) is 0 Å². The lowest BCUT2D eigenvalue weighted by Gasteiger charge is -2.37. The Balaban J connectivity index is 1.76. The van der Waals surface area contributed by atoms with E-state index in [0.29, 0.717) is 19.6 Å². The second kappa shape index (κ2) is 6.91. The molecule has 2 aliphatic rings. The third kappa shape index (κ3) is 3.52. The second-order valence-electron chi connectivity index (χ2n) is 6.16. The Morgan fingerprint density at radius 3 is 2.96 bits per heavy atom. The van der Waals surface area contributed by atoms with Crippen LogP contribution in [0.25, 0.3) is 0 Å². The average Bonchev–Trinajstić information content (AvgIpc) is 2.95. The molecular formula is C17H20BrNO4. The summed E-state index contributed by atoms with van der Waals surface area (Å²) in [7, 11) is 0. The Hall–Kier alpha value is -1.56. The molecule has 1 aromatic rings. The lowest BCUT2D eigenvalue weighted by atomic mass is 9.93. The van der Waals surface area contributed by atoms with Gasteiger partial charge < -0.3 is 14.7 Å². The molecule has 0 aliphatic carbocycles. The summed E-state index contributed by atoms with van der Waals surface area (Å²) in [5.41, 5.74) is 0.923. The third-order valence-corrected chi connectivity index (χ3v) is 5.15. The van der Waals surface area contributed by atoms with Gasteiger partial charge in [0, 0.05) is 29.0 Å². The maximum absolute atomic E-state index is 13.0. The number of halogens is 1. The third-order valence-electron chi connectivity index (χ3n) is 4.65. The van der Waals surface area contributed by atoms with Gasteiger partial charge in [0.25, 0.3) is 0 Å². The van der Waals surface area contributed by atoms with Gasteiger partial charge in [-0.25, -0.2) is 0 Å².